The van der Waals surface area contributed by atoms with Gasteiger partial charge in [-0.15, -0.1) is 12.4 Å². The molecule has 0 saturated heterocycles. The zero-order valence-electron chi connectivity index (χ0n) is 14.8. The molecule has 24 heavy (non-hydrogen) atoms. The third kappa shape index (κ3) is 5.20. The Labute approximate surface area is 151 Å². The molecule has 0 heterocycles. The second-order valence-electron chi connectivity index (χ2n) is 6.91. The van der Waals surface area contributed by atoms with Crippen LogP contribution in [0.2, 0.25) is 0 Å². The third-order valence-corrected chi connectivity index (χ3v) is 5.11. The van der Waals surface area contributed by atoms with Crippen LogP contribution in [0.15, 0.2) is 30.3 Å². The van der Waals surface area contributed by atoms with E-state index < -0.39 is 5.54 Å². The smallest absolute Gasteiger partial charge is 0.244 e. The van der Waals surface area contributed by atoms with Crippen LogP contribution in [0.1, 0.15) is 51.5 Å². The van der Waals surface area contributed by atoms with E-state index in [0.717, 1.165) is 38.0 Å². The Morgan fingerprint density at radius 3 is 2.50 bits per heavy atom. The molecule has 5 heteroatoms. The van der Waals surface area contributed by atoms with Gasteiger partial charge in [0.25, 0.3) is 0 Å². The zero-order valence-corrected chi connectivity index (χ0v) is 15.7. The Morgan fingerprint density at radius 2 is 1.92 bits per heavy atom. The highest BCUT2D eigenvalue weighted by Crippen LogP contribution is 2.40. The quantitative estimate of drug-likeness (QED) is 0.703. The number of nitrogens with two attached hydrogens (primary N) is 1. The fraction of sp³-hybridized carbons (Fsp3) is 0.632. The summed E-state index contributed by atoms with van der Waals surface area (Å²) in [7, 11) is 0. The third-order valence-electron chi connectivity index (χ3n) is 5.11. The molecule has 1 aromatic rings. The summed E-state index contributed by atoms with van der Waals surface area (Å²) in [6, 6.07) is 9.56. The Balaban J connectivity index is 0.00000288. The van der Waals surface area contributed by atoms with Gasteiger partial charge in [0.1, 0.15) is 5.54 Å². The van der Waals surface area contributed by atoms with Gasteiger partial charge >= 0.3 is 0 Å². The maximum absolute atomic E-state index is 12.6. The van der Waals surface area contributed by atoms with Crippen molar-refractivity contribution in [2.75, 3.05) is 19.8 Å². The summed E-state index contributed by atoms with van der Waals surface area (Å²) < 4.78 is 5.53. The molecular formula is C19H31ClN2O2. The van der Waals surface area contributed by atoms with E-state index in [1.165, 1.54) is 12.8 Å². The van der Waals surface area contributed by atoms with Gasteiger partial charge in [-0.05, 0) is 44.1 Å². The molecule has 136 valence electrons. The monoisotopic (exact) mass is 354 g/mol. The van der Waals surface area contributed by atoms with E-state index in [-0.39, 0.29) is 23.7 Å². The van der Waals surface area contributed by atoms with Gasteiger partial charge in [0.15, 0.2) is 0 Å². The van der Waals surface area contributed by atoms with Gasteiger partial charge in [-0.2, -0.15) is 0 Å². The molecule has 4 nitrogen and oxygen atoms in total. The van der Waals surface area contributed by atoms with Crippen LogP contribution >= 0.6 is 12.4 Å². The van der Waals surface area contributed by atoms with Crippen molar-refractivity contribution in [3.63, 3.8) is 0 Å². The molecule has 3 N–H and O–H groups in total. The van der Waals surface area contributed by atoms with E-state index in [1.54, 1.807) is 6.92 Å². The van der Waals surface area contributed by atoms with Crippen molar-refractivity contribution in [1.29, 1.82) is 0 Å². The first-order chi connectivity index (χ1) is 11.0. The Morgan fingerprint density at radius 1 is 1.29 bits per heavy atom. The molecule has 0 radical (unpaired) electrons. The van der Waals surface area contributed by atoms with E-state index in [9.17, 15) is 4.79 Å². The molecule has 1 unspecified atom stereocenters. The molecule has 1 amide bonds. The first kappa shape index (κ1) is 20.9. The molecule has 0 bridgehead atoms. The standard InChI is InChI=1S/C19H30N2O2.ClH/c1-3-23-14-13-19(11-7-8-12-19)15-21-17(22)18(2,20)16-9-5-4-6-10-16;/h4-6,9-10H,3,7-8,11-15,20H2,1-2H3,(H,21,22);1H. The lowest BCUT2D eigenvalue weighted by Gasteiger charge is -2.32. The van der Waals surface area contributed by atoms with E-state index in [2.05, 4.69) is 5.32 Å². The molecule has 1 aromatic carbocycles. The summed E-state index contributed by atoms with van der Waals surface area (Å²) in [6.07, 6.45) is 5.80. The number of ether oxygens (including phenoxy) is 1. The number of nitrogens with one attached hydrogen (secondary N) is 1. The van der Waals surface area contributed by atoms with Crippen LogP contribution in [0, 0.1) is 5.41 Å². The number of benzene rings is 1. The molecule has 1 aliphatic rings. The van der Waals surface area contributed by atoms with Crippen molar-refractivity contribution in [3.8, 4) is 0 Å². The molecule has 0 aliphatic heterocycles. The SMILES string of the molecule is CCOCCC1(CNC(=O)C(C)(N)c2ccccc2)CCCC1.Cl. The predicted molar refractivity (Wildman–Crippen MR) is 100 cm³/mol. The fourth-order valence-electron chi connectivity index (χ4n) is 3.44. The molecule has 2 rings (SSSR count). The number of carbonyl (C=O) groups excluding carboxylic acids is 1. The van der Waals surface area contributed by atoms with Crippen LogP contribution in [0.3, 0.4) is 0 Å². The van der Waals surface area contributed by atoms with Crippen molar-refractivity contribution < 1.29 is 9.53 Å². The van der Waals surface area contributed by atoms with Crippen molar-refractivity contribution in [2.45, 2.75) is 51.5 Å². The van der Waals surface area contributed by atoms with E-state index in [1.807, 2.05) is 37.3 Å². The van der Waals surface area contributed by atoms with Gasteiger partial charge in [-0.3, -0.25) is 4.79 Å². The topological polar surface area (TPSA) is 64.3 Å². The highest BCUT2D eigenvalue weighted by Gasteiger charge is 2.36. The summed E-state index contributed by atoms with van der Waals surface area (Å²) in [5, 5.41) is 3.11. The lowest BCUT2D eigenvalue weighted by Crippen LogP contribution is -2.51. The summed E-state index contributed by atoms with van der Waals surface area (Å²) in [4.78, 5) is 12.6. The van der Waals surface area contributed by atoms with Gasteiger partial charge in [-0.1, -0.05) is 43.2 Å². The molecule has 0 spiro atoms. The normalized spacial score (nSPS) is 18.5. The molecule has 1 atom stereocenters. The molecule has 1 saturated carbocycles. The van der Waals surface area contributed by atoms with Crippen molar-refractivity contribution >= 4 is 18.3 Å². The Kier molecular flexibility index (Phi) is 8.20. The zero-order chi connectivity index (χ0) is 16.8. The van der Waals surface area contributed by atoms with Gasteiger partial charge in [0.2, 0.25) is 5.91 Å². The molecule has 1 aliphatic carbocycles. The summed E-state index contributed by atoms with van der Waals surface area (Å²) in [6.45, 7) is 6.00. The predicted octanol–water partition coefficient (Wildman–Crippen LogP) is 3.39. The molecule has 0 aromatic heterocycles. The maximum Gasteiger partial charge on any atom is 0.244 e. The highest BCUT2D eigenvalue weighted by molar-refractivity contribution is 5.87. The number of rotatable bonds is 8. The minimum atomic E-state index is -0.999. The average molecular weight is 355 g/mol. The lowest BCUT2D eigenvalue weighted by atomic mass is 9.82. The fourth-order valence-corrected chi connectivity index (χ4v) is 3.44. The Bertz CT molecular complexity index is 499. The van der Waals surface area contributed by atoms with Gasteiger partial charge in [0, 0.05) is 19.8 Å². The van der Waals surface area contributed by atoms with E-state index in [0.29, 0.717) is 6.54 Å². The van der Waals surface area contributed by atoms with Crippen molar-refractivity contribution in [2.24, 2.45) is 11.1 Å². The van der Waals surface area contributed by atoms with Gasteiger partial charge in [0.05, 0.1) is 0 Å². The van der Waals surface area contributed by atoms with Crippen LogP contribution in [0.25, 0.3) is 0 Å². The number of amides is 1. The van der Waals surface area contributed by atoms with Crippen LogP contribution in [-0.2, 0) is 15.1 Å². The molecular weight excluding hydrogens is 324 g/mol. The lowest BCUT2D eigenvalue weighted by molar-refractivity contribution is -0.126. The molecule has 1 fully saturated rings. The van der Waals surface area contributed by atoms with Crippen LogP contribution in [-0.4, -0.2) is 25.7 Å². The highest BCUT2D eigenvalue weighted by atomic mass is 35.5. The number of carbonyl (C=O) groups is 1. The second-order valence-corrected chi connectivity index (χ2v) is 6.91. The van der Waals surface area contributed by atoms with Gasteiger partial charge in [-0.25, -0.2) is 0 Å². The minimum absolute atomic E-state index is 0. The largest absolute Gasteiger partial charge is 0.382 e. The summed E-state index contributed by atoms with van der Waals surface area (Å²) >= 11 is 0. The van der Waals surface area contributed by atoms with Crippen molar-refractivity contribution in [1.82, 2.24) is 5.32 Å². The number of halogens is 1. The van der Waals surface area contributed by atoms with Crippen LogP contribution < -0.4 is 11.1 Å². The van der Waals surface area contributed by atoms with Crippen LogP contribution in [0.4, 0.5) is 0 Å². The average Bonchev–Trinajstić information content (AvgIpc) is 3.03. The number of hydrogen-bond donors (Lipinski definition) is 2. The Hall–Kier alpha value is -1.10. The minimum Gasteiger partial charge on any atom is -0.382 e. The second kappa shape index (κ2) is 9.40. The summed E-state index contributed by atoms with van der Waals surface area (Å²) in [5.74, 6) is -0.105. The van der Waals surface area contributed by atoms with E-state index >= 15 is 0 Å². The van der Waals surface area contributed by atoms with Gasteiger partial charge < -0.3 is 15.8 Å². The van der Waals surface area contributed by atoms with Crippen molar-refractivity contribution in [3.05, 3.63) is 35.9 Å². The first-order valence-electron chi connectivity index (χ1n) is 8.71. The van der Waals surface area contributed by atoms with Crippen LogP contribution in [0.5, 0.6) is 0 Å². The summed E-state index contributed by atoms with van der Waals surface area (Å²) in [5.41, 5.74) is 6.31. The maximum atomic E-state index is 12.6. The number of hydrogen-bond acceptors (Lipinski definition) is 3. The first-order valence-corrected chi connectivity index (χ1v) is 8.71. The van der Waals surface area contributed by atoms with E-state index in [4.69, 9.17) is 10.5 Å².